The molecule has 0 bridgehead atoms. The number of rotatable bonds is 17. The summed E-state index contributed by atoms with van der Waals surface area (Å²) in [5, 5.41) is 0. The van der Waals surface area contributed by atoms with Gasteiger partial charge >= 0.3 is 0 Å². The van der Waals surface area contributed by atoms with Crippen molar-refractivity contribution in [1.29, 1.82) is 0 Å². The van der Waals surface area contributed by atoms with Crippen LogP contribution in [0.15, 0.2) is 60.9 Å². The van der Waals surface area contributed by atoms with Gasteiger partial charge in [0.1, 0.15) is 0 Å². The number of unbranched alkanes of at least 4 members (excludes halogenated alkanes) is 13. The Balaban J connectivity index is 1.37. The lowest BCUT2D eigenvalue weighted by Crippen LogP contribution is -1.96. The standard InChI is InChI=1S/C31H43N3/c1-2-3-4-5-6-7-8-9-10-11-12-13-14-15-20-27-25-30(28-21-16-18-23-32-28)34-31(26-27)29-22-17-19-24-33-29/h16-19,21-26H,2-15,20H2,1H3. The van der Waals surface area contributed by atoms with Crippen molar-refractivity contribution in [3.63, 3.8) is 0 Å². The Morgan fingerprint density at radius 3 is 1.35 bits per heavy atom. The molecular weight excluding hydrogens is 414 g/mol. The monoisotopic (exact) mass is 457 g/mol. The topological polar surface area (TPSA) is 38.7 Å². The van der Waals surface area contributed by atoms with Crippen LogP contribution in [0.2, 0.25) is 0 Å². The van der Waals surface area contributed by atoms with Crippen LogP contribution in [0.5, 0.6) is 0 Å². The van der Waals surface area contributed by atoms with Gasteiger partial charge in [-0.3, -0.25) is 9.97 Å². The molecule has 0 fully saturated rings. The summed E-state index contributed by atoms with van der Waals surface area (Å²) >= 11 is 0. The SMILES string of the molecule is CCCCCCCCCCCCCCCCc1cc(-c2ccccn2)nc(-c2ccccn2)c1. The van der Waals surface area contributed by atoms with Crippen LogP contribution in [0.25, 0.3) is 22.8 Å². The van der Waals surface area contributed by atoms with Crippen LogP contribution < -0.4 is 0 Å². The molecule has 0 aromatic carbocycles. The largest absolute Gasteiger partial charge is 0.255 e. The fourth-order valence-electron chi connectivity index (χ4n) is 4.55. The zero-order valence-corrected chi connectivity index (χ0v) is 21.2. The summed E-state index contributed by atoms with van der Waals surface area (Å²) < 4.78 is 0. The first-order valence-corrected chi connectivity index (χ1v) is 13.7. The lowest BCUT2D eigenvalue weighted by Gasteiger charge is -2.09. The molecule has 3 heterocycles. The number of nitrogens with zero attached hydrogens (tertiary/aromatic N) is 3. The van der Waals surface area contributed by atoms with E-state index in [0.717, 1.165) is 29.2 Å². The van der Waals surface area contributed by atoms with Crippen molar-refractivity contribution < 1.29 is 0 Å². The van der Waals surface area contributed by atoms with Gasteiger partial charge in [-0.05, 0) is 54.8 Å². The Morgan fingerprint density at radius 1 is 0.500 bits per heavy atom. The first-order valence-electron chi connectivity index (χ1n) is 13.7. The van der Waals surface area contributed by atoms with Crippen molar-refractivity contribution in [2.75, 3.05) is 0 Å². The maximum atomic E-state index is 4.87. The van der Waals surface area contributed by atoms with E-state index >= 15 is 0 Å². The third-order valence-electron chi connectivity index (χ3n) is 6.56. The van der Waals surface area contributed by atoms with Gasteiger partial charge in [0.2, 0.25) is 0 Å². The second kappa shape index (κ2) is 16.1. The Kier molecular flexibility index (Phi) is 12.4. The van der Waals surface area contributed by atoms with Crippen molar-refractivity contribution in [2.24, 2.45) is 0 Å². The van der Waals surface area contributed by atoms with Gasteiger partial charge in [0.25, 0.3) is 0 Å². The Hall–Kier alpha value is -2.55. The molecule has 0 radical (unpaired) electrons. The highest BCUT2D eigenvalue weighted by molar-refractivity contribution is 5.63. The molecule has 3 rings (SSSR count). The Morgan fingerprint density at radius 2 is 0.941 bits per heavy atom. The van der Waals surface area contributed by atoms with E-state index in [0.29, 0.717) is 0 Å². The van der Waals surface area contributed by atoms with Crippen molar-refractivity contribution >= 4 is 0 Å². The number of hydrogen-bond donors (Lipinski definition) is 0. The lowest BCUT2D eigenvalue weighted by molar-refractivity contribution is 0.535. The van der Waals surface area contributed by atoms with Gasteiger partial charge in [0.15, 0.2) is 0 Å². The molecule has 0 aliphatic heterocycles. The van der Waals surface area contributed by atoms with Crippen LogP contribution in [-0.2, 0) is 6.42 Å². The van der Waals surface area contributed by atoms with Gasteiger partial charge in [-0.2, -0.15) is 0 Å². The zero-order valence-electron chi connectivity index (χ0n) is 21.2. The predicted octanol–water partition coefficient (Wildman–Crippen LogP) is 9.23. The van der Waals surface area contributed by atoms with Gasteiger partial charge in [0, 0.05) is 12.4 Å². The summed E-state index contributed by atoms with van der Waals surface area (Å²) in [5.74, 6) is 0. The van der Waals surface area contributed by atoms with E-state index in [1.54, 1.807) is 0 Å². The molecule has 0 atom stereocenters. The highest BCUT2D eigenvalue weighted by Crippen LogP contribution is 2.24. The van der Waals surface area contributed by atoms with Gasteiger partial charge in [0.05, 0.1) is 22.8 Å². The van der Waals surface area contributed by atoms with E-state index in [1.165, 1.54) is 95.5 Å². The fourth-order valence-corrected chi connectivity index (χ4v) is 4.55. The number of aromatic nitrogens is 3. The highest BCUT2D eigenvalue weighted by Gasteiger charge is 2.09. The summed E-state index contributed by atoms with van der Waals surface area (Å²) in [6.45, 7) is 2.29. The summed E-state index contributed by atoms with van der Waals surface area (Å²) in [6, 6.07) is 16.4. The molecule has 0 aliphatic rings. The van der Waals surface area contributed by atoms with Crippen molar-refractivity contribution in [1.82, 2.24) is 15.0 Å². The van der Waals surface area contributed by atoms with Crippen molar-refractivity contribution in [2.45, 2.75) is 103 Å². The first-order chi connectivity index (χ1) is 16.9. The molecule has 3 nitrogen and oxygen atoms in total. The predicted molar refractivity (Wildman–Crippen MR) is 145 cm³/mol. The highest BCUT2D eigenvalue weighted by atomic mass is 14.8. The van der Waals surface area contributed by atoms with Gasteiger partial charge in [-0.1, -0.05) is 103 Å². The quantitative estimate of drug-likeness (QED) is 0.190. The van der Waals surface area contributed by atoms with E-state index in [4.69, 9.17) is 4.98 Å². The smallest absolute Gasteiger partial charge is 0.0897 e. The number of aryl methyl sites for hydroxylation is 1. The minimum atomic E-state index is 0.919. The molecule has 3 aromatic rings. The second-order valence-electron chi connectivity index (χ2n) is 9.52. The van der Waals surface area contributed by atoms with E-state index in [2.05, 4.69) is 29.0 Å². The Labute approximate surface area is 207 Å². The number of pyridine rings is 3. The molecule has 0 unspecified atom stereocenters. The molecule has 3 heteroatoms. The fraction of sp³-hybridized carbons (Fsp3) is 0.516. The van der Waals surface area contributed by atoms with Gasteiger partial charge < -0.3 is 0 Å². The molecular formula is C31H43N3. The maximum Gasteiger partial charge on any atom is 0.0897 e. The summed E-state index contributed by atoms with van der Waals surface area (Å²) in [5.41, 5.74) is 5.04. The molecule has 34 heavy (non-hydrogen) atoms. The van der Waals surface area contributed by atoms with E-state index < -0.39 is 0 Å². The molecule has 3 aromatic heterocycles. The normalized spacial score (nSPS) is 11.1. The molecule has 0 saturated heterocycles. The molecule has 182 valence electrons. The minimum Gasteiger partial charge on any atom is -0.255 e. The van der Waals surface area contributed by atoms with Gasteiger partial charge in [-0.25, -0.2) is 4.98 Å². The lowest BCUT2D eigenvalue weighted by atomic mass is 10.0. The van der Waals surface area contributed by atoms with Crippen LogP contribution in [0.4, 0.5) is 0 Å². The third kappa shape index (κ3) is 9.75. The van der Waals surface area contributed by atoms with E-state index in [9.17, 15) is 0 Å². The third-order valence-corrected chi connectivity index (χ3v) is 6.56. The maximum absolute atomic E-state index is 4.87. The molecule has 0 amide bonds. The Bertz CT molecular complexity index is 851. The first kappa shape index (κ1) is 26.1. The summed E-state index contributed by atoms with van der Waals surface area (Å²) in [4.78, 5) is 13.9. The summed E-state index contributed by atoms with van der Waals surface area (Å²) in [7, 11) is 0. The molecule has 0 N–H and O–H groups in total. The average Bonchev–Trinajstić information content (AvgIpc) is 2.90. The van der Waals surface area contributed by atoms with Gasteiger partial charge in [-0.15, -0.1) is 0 Å². The molecule has 0 aliphatic carbocycles. The van der Waals surface area contributed by atoms with Crippen molar-refractivity contribution in [3.05, 3.63) is 66.5 Å². The zero-order chi connectivity index (χ0) is 23.7. The summed E-state index contributed by atoms with van der Waals surface area (Å²) in [6.07, 6.45) is 24.2. The van der Waals surface area contributed by atoms with Crippen LogP contribution >= 0.6 is 0 Å². The average molecular weight is 458 g/mol. The van der Waals surface area contributed by atoms with E-state index in [1.807, 2.05) is 48.8 Å². The molecule has 0 spiro atoms. The number of hydrogen-bond acceptors (Lipinski definition) is 3. The van der Waals surface area contributed by atoms with Crippen LogP contribution in [0.3, 0.4) is 0 Å². The van der Waals surface area contributed by atoms with Crippen LogP contribution in [0.1, 0.15) is 102 Å². The van der Waals surface area contributed by atoms with Crippen LogP contribution in [0, 0.1) is 0 Å². The van der Waals surface area contributed by atoms with Crippen molar-refractivity contribution in [3.8, 4) is 22.8 Å². The molecule has 0 saturated carbocycles. The minimum absolute atomic E-state index is 0.919. The van der Waals surface area contributed by atoms with Crippen LogP contribution in [-0.4, -0.2) is 15.0 Å². The second-order valence-corrected chi connectivity index (χ2v) is 9.52. The van der Waals surface area contributed by atoms with E-state index in [-0.39, 0.29) is 0 Å².